The van der Waals surface area contributed by atoms with Gasteiger partial charge in [0.15, 0.2) is 0 Å². The number of fused-ring (bicyclic) bond motifs is 1. The molecule has 0 bridgehead atoms. The Morgan fingerprint density at radius 1 is 1.23 bits per heavy atom. The molecule has 1 aliphatic heterocycles. The summed E-state index contributed by atoms with van der Waals surface area (Å²) < 4.78 is 4.84. The van der Waals surface area contributed by atoms with Crippen molar-refractivity contribution in [3.63, 3.8) is 0 Å². The van der Waals surface area contributed by atoms with E-state index < -0.39 is 5.97 Å². The number of ether oxygens (including phenoxy) is 1. The van der Waals surface area contributed by atoms with Crippen molar-refractivity contribution in [2.75, 3.05) is 11.5 Å². The predicted molar refractivity (Wildman–Crippen MR) is 99.9 cm³/mol. The molecule has 138 valence electrons. The van der Waals surface area contributed by atoms with E-state index in [0.29, 0.717) is 16.3 Å². The number of carbonyl (C=O) groups excluding carboxylic acids is 3. The van der Waals surface area contributed by atoms with Crippen LogP contribution in [0.15, 0.2) is 23.2 Å². The van der Waals surface area contributed by atoms with E-state index in [1.54, 1.807) is 25.1 Å². The van der Waals surface area contributed by atoms with Crippen molar-refractivity contribution in [2.45, 2.75) is 32.6 Å². The molecule has 2 aliphatic rings. The third-order valence-electron chi connectivity index (χ3n) is 4.83. The van der Waals surface area contributed by atoms with Gasteiger partial charge >= 0.3 is 5.97 Å². The van der Waals surface area contributed by atoms with E-state index in [9.17, 15) is 14.4 Å². The van der Waals surface area contributed by atoms with Gasteiger partial charge in [0, 0.05) is 5.02 Å². The molecule has 1 heterocycles. The maximum Gasteiger partial charge on any atom is 0.349 e. The maximum absolute atomic E-state index is 12.7. The molecule has 26 heavy (non-hydrogen) atoms. The zero-order valence-electron chi connectivity index (χ0n) is 14.3. The van der Waals surface area contributed by atoms with Crippen LogP contribution >= 0.6 is 23.2 Å². The molecular formula is C19H19Cl2NO4. The van der Waals surface area contributed by atoms with E-state index >= 15 is 0 Å². The molecule has 5 nitrogen and oxygen atoms in total. The molecule has 0 radical (unpaired) electrons. The van der Waals surface area contributed by atoms with Crippen LogP contribution in [0.3, 0.4) is 0 Å². The summed E-state index contributed by atoms with van der Waals surface area (Å²) in [5.41, 5.74) is 0.885. The van der Waals surface area contributed by atoms with Gasteiger partial charge in [-0.1, -0.05) is 36.0 Å². The smallest absolute Gasteiger partial charge is 0.349 e. The minimum Gasteiger partial charge on any atom is -0.462 e. The molecule has 2 unspecified atom stereocenters. The van der Waals surface area contributed by atoms with E-state index in [1.165, 1.54) is 11.0 Å². The van der Waals surface area contributed by atoms with Crippen LogP contribution in [0.4, 0.5) is 5.69 Å². The second kappa shape index (κ2) is 7.80. The average Bonchev–Trinajstić information content (AvgIpc) is 2.88. The van der Waals surface area contributed by atoms with Crippen molar-refractivity contribution in [2.24, 2.45) is 11.8 Å². The SMILES string of the molecule is CCOC(=O)/C(Cl)=C/c1cc(N2C(=O)C3CCCCC3C2=O)ccc1Cl. The fourth-order valence-electron chi connectivity index (χ4n) is 3.59. The minimum atomic E-state index is -0.657. The third kappa shape index (κ3) is 3.51. The van der Waals surface area contributed by atoms with Crippen LogP contribution in [0.25, 0.3) is 6.08 Å². The first-order valence-corrected chi connectivity index (χ1v) is 9.41. The number of halogens is 2. The summed E-state index contributed by atoms with van der Waals surface area (Å²) in [6, 6.07) is 4.81. The van der Waals surface area contributed by atoms with Crippen molar-refractivity contribution < 1.29 is 19.1 Å². The maximum atomic E-state index is 12.7. The number of rotatable bonds is 4. The van der Waals surface area contributed by atoms with Gasteiger partial charge in [-0.3, -0.25) is 14.5 Å². The van der Waals surface area contributed by atoms with Crippen molar-refractivity contribution in [3.8, 4) is 0 Å². The van der Waals surface area contributed by atoms with Crippen molar-refractivity contribution in [3.05, 3.63) is 33.8 Å². The number of esters is 1. The topological polar surface area (TPSA) is 63.7 Å². The number of hydrogen-bond donors (Lipinski definition) is 0. The summed E-state index contributed by atoms with van der Waals surface area (Å²) in [5.74, 6) is -1.43. The van der Waals surface area contributed by atoms with Crippen LogP contribution in [-0.2, 0) is 19.1 Å². The lowest BCUT2D eigenvalue weighted by atomic mass is 9.81. The second-order valence-electron chi connectivity index (χ2n) is 6.43. The quantitative estimate of drug-likeness (QED) is 0.436. The Morgan fingerprint density at radius 2 is 1.85 bits per heavy atom. The lowest BCUT2D eigenvalue weighted by molar-refractivity contribution is -0.137. The highest BCUT2D eigenvalue weighted by Crippen LogP contribution is 2.40. The lowest BCUT2D eigenvalue weighted by Gasteiger charge is -2.19. The molecule has 2 atom stereocenters. The number of benzene rings is 1. The highest BCUT2D eigenvalue weighted by molar-refractivity contribution is 6.43. The molecule has 1 aliphatic carbocycles. The van der Waals surface area contributed by atoms with Crippen molar-refractivity contribution >= 4 is 52.7 Å². The summed E-state index contributed by atoms with van der Waals surface area (Å²) in [4.78, 5) is 38.4. The molecule has 0 aromatic heterocycles. The molecule has 1 saturated heterocycles. The summed E-state index contributed by atoms with van der Waals surface area (Å²) in [6.07, 6.45) is 4.82. The molecule has 1 saturated carbocycles. The highest BCUT2D eigenvalue weighted by atomic mass is 35.5. The molecule has 1 aromatic carbocycles. The molecule has 2 amide bonds. The van der Waals surface area contributed by atoms with Crippen LogP contribution in [-0.4, -0.2) is 24.4 Å². The molecule has 0 spiro atoms. The Hall–Kier alpha value is -1.85. The van der Waals surface area contributed by atoms with Gasteiger partial charge < -0.3 is 4.74 Å². The van der Waals surface area contributed by atoms with Gasteiger partial charge in [0.25, 0.3) is 0 Å². The first-order chi connectivity index (χ1) is 12.4. The van der Waals surface area contributed by atoms with Gasteiger partial charge in [0.1, 0.15) is 5.03 Å². The molecular weight excluding hydrogens is 377 g/mol. The average molecular weight is 396 g/mol. The number of carbonyl (C=O) groups is 3. The van der Waals surface area contributed by atoms with Gasteiger partial charge in [-0.05, 0) is 49.6 Å². The van der Waals surface area contributed by atoms with Gasteiger partial charge in [0.05, 0.1) is 24.1 Å². The Labute approximate surface area is 161 Å². The fraction of sp³-hybridized carbons (Fsp3) is 0.421. The van der Waals surface area contributed by atoms with E-state index in [4.69, 9.17) is 27.9 Å². The Balaban J connectivity index is 1.92. The van der Waals surface area contributed by atoms with E-state index in [0.717, 1.165) is 25.7 Å². The Kier molecular flexibility index (Phi) is 5.68. The van der Waals surface area contributed by atoms with Crippen LogP contribution in [0.1, 0.15) is 38.2 Å². The number of amides is 2. The number of nitrogens with zero attached hydrogens (tertiary/aromatic N) is 1. The standard InChI is InChI=1S/C19H19Cl2NO4/c1-2-26-19(25)16(21)10-11-9-12(7-8-15(11)20)22-17(23)13-5-3-4-6-14(13)18(22)24/h7-10,13-14H,2-6H2,1H3/b16-10-. The van der Waals surface area contributed by atoms with Gasteiger partial charge in [-0.25, -0.2) is 4.79 Å². The first kappa shape index (κ1) is 18.9. The van der Waals surface area contributed by atoms with E-state index in [-0.39, 0.29) is 35.3 Å². The van der Waals surface area contributed by atoms with Crippen LogP contribution < -0.4 is 4.90 Å². The summed E-state index contributed by atoms with van der Waals surface area (Å²) in [6.45, 7) is 1.88. The zero-order chi connectivity index (χ0) is 18.8. The number of hydrogen-bond acceptors (Lipinski definition) is 4. The fourth-order valence-corrected chi connectivity index (χ4v) is 3.94. The van der Waals surface area contributed by atoms with Crippen LogP contribution in [0.2, 0.25) is 5.02 Å². The van der Waals surface area contributed by atoms with E-state index in [2.05, 4.69) is 0 Å². The van der Waals surface area contributed by atoms with Gasteiger partial charge in [0.2, 0.25) is 11.8 Å². The lowest BCUT2D eigenvalue weighted by Crippen LogP contribution is -2.30. The molecule has 7 heteroatoms. The van der Waals surface area contributed by atoms with Crippen LogP contribution in [0, 0.1) is 11.8 Å². The number of imide groups is 1. The largest absolute Gasteiger partial charge is 0.462 e. The zero-order valence-corrected chi connectivity index (χ0v) is 15.8. The van der Waals surface area contributed by atoms with Gasteiger partial charge in [-0.2, -0.15) is 0 Å². The molecule has 2 fully saturated rings. The van der Waals surface area contributed by atoms with Crippen molar-refractivity contribution in [1.82, 2.24) is 0 Å². The Morgan fingerprint density at radius 3 is 2.42 bits per heavy atom. The molecule has 3 rings (SSSR count). The monoisotopic (exact) mass is 395 g/mol. The summed E-state index contributed by atoms with van der Waals surface area (Å²) in [7, 11) is 0. The summed E-state index contributed by atoms with van der Waals surface area (Å²) in [5, 5.41) is 0.228. The van der Waals surface area contributed by atoms with Crippen LogP contribution in [0.5, 0.6) is 0 Å². The molecule has 0 N–H and O–H groups in total. The second-order valence-corrected chi connectivity index (χ2v) is 7.24. The summed E-state index contributed by atoms with van der Waals surface area (Å²) >= 11 is 12.1. The highest BCUT2D eigenvalue weighted by Gasteiger charge is 2.48. The normalized spacial score (nSPS) is 23.2. The predicted octanol–water partition coefficient (Wildman–Crippen LogP) is 4.16. The Bertz CT molecular complexity index is 766. The van der Waals surface area contributed by atoms with Crippen molar-refractivity contribution in [1.29, 1.82) is 0 Å². The minimum absolute atomic E-state index is 0.126. The third-order valence-corrected chi connectivity index (χ3v) is 5.44. The first-order valence-electron chi connectivity index (χ1n) is 8.65. The van der Waals surface area contributed by atoms with Gasteiger partial charge in [-0.15, -0.1) is 0 Å². The van der Waals surface area contributed by atoms with E-state index in [1.807, 2.05) is 0 Å². The number of anilines is 1. The molecule has 1 aromatic rings.